The summed E-state index contributed by atoms with van der Waals surface area (Å²) in [6, 6.07) is 10.0. The topological polar surface area (TPSA) is 66.8 Å². The number of piperidine rings is 1. The Labute approximate surface area is 158 Å². The van der Waals surface area contributed by atoms with Gasteiger partial charge in [-0.25, -0.2) is 4.98 Å². The number of H-pyrrole nitrogens is 1. The monoisotopic (exact) mass is 363 g/mol. The molecule has 1 saturated heterocycles. The minimum absolute atomic E-state index is 0.0556. The number of rotatable bonds is 5. The maximum Gasteiger partial charge on any atom is 0.251 e. The molecule has 1 atom stereocenters. The fourth-order valence-corrected chi connectivity index (χ4v) is 3.92. The van der Waals surface area contributed by atoms with Crippen molar-refractivity contribution < 1.29 is 0 Å². The van der Waals surface area contributed by atoms with Crippen LogP contribution in [0.15, 0.2) is 53.7 Å². The van der Waals surface area contributed by atoms with Crippen LogP contribution in [0.25, 0.3) is 0 Å². The highest BCUT2D eigenvalue weighted by molar-refractivity contribution is 5.15. The van der Waals surface area contributed by atoms with Crippen molar-refractivity contribution in [1.29, 1.82) is 0 Å². The Hall–Kier alpha value is -2.73. The highest BCUT2D eigenvalue weighted by atomic mass is 16.1. The van der Waals surface area contributed by atoms with E-state index in [0.717, 1.165) is 44.7 Å². The lowest BCUT2D eigenvalue weighted by Gasteiger charge is -2.32. The summed E-state index contributed by atoms with van der Waals surface area (Å²) in [6.07, 6.45) is 8.07. The van der Waals surface area contributed by atoms with Gasteiger partial charge in [0.1, 0.15) is 5.82 Å². The normalized spacial score (nSPS) is 17.9. The molecular formula is C21H25N5O. The maximum atomic E-state index is 11.8. The number of aryl methyl sites for hydroxylation is 1. The van der Waals surface area contributed by atoms with Crippen molar-refractivity contribution in [2.24, 2.45) is 0 Å². The first-order valence-electron chi connectivity index (χ1n) is 9.50. The molecule has 0 spiro atoms. The molecule has 1 aliphatic rings. The predicted octanol–water partition coefficient (Wildman–Crippen LogP) is 2.70. The van der Waals surface area contributed by atoms with Gasteiger partial charge >= 0.3 is 0 Å². The Balaban J connectivity index is 1.46. The third kappa shape index (κ3) is 4.34. The van der Waals surface area contributed by atoms with Gasteiger partial charge in [-0.1, -0.05) is 6.07 Å². The summed E-state index contributed by atoms with van der Waals surface area (Å²) in [6.45, 7) is 5.61. The average molecular weight is 363 g/mol. The largest absolute Gasteiger partial charge is 0.346 e. The van der Waals surface area contributed by atoms with Gasteiger partial charge in [0.2, 0.25) is 0 Å². The lowest BCUT2D eigenvalue weighted by molar-refractivity contribution is 0.194. The van der Waals surface area contributed by atoms with Crippen molar-refractivity contribution >= 4 is 0 Å². The van der Waals surface area contributed by atoms with E-state index < -0.39 is 0 Å². The van der Waals surface area contributed by atoms with Crippen LogP contribution in [0.5, 0.6) is 0 Å². The van der Waals surface area contributed by atoms with Crippen LogP contribution in [0.3, 0.4) is 0 Å². The van der Waals surface area contributed by atoms with Gasteiger partial charge in [0, 0.05) is 55.9 Å². The minimum Gasteiger partial charge on any atom is -0.346 e. The summed E-state index contributed by atoms with van der Waals surface area (Å²) in [7, 11) is 0. The number of hydrogen-bond acceptors (Lipinski definition) is 4. The summed E-state index contributed by atoms with van der Waals surface area (Å²) in [5.74, 6) is 1.02. The molecule has 0 radical (unpaired) electrons. The van der Waals surface area contributed by atoms with Crippen LogP contribution in [0.4, 0.5) is 0 Å². The van der Waals surface area contributed by atoms with Crippen molar-refractivity contribution in [3.8, 4) is 0 Å². The summed E-state index contributed by atoms with van der Waals surface area (Å²) in [5.41, 5.74) is 3.37. The molecule has 6 nitrogen and oxygen atoms in total. The number of aromatic nitrogens is 4. The van der Waals surface area contributed by atoms with Crippen molar-refractivity contribution in [1.82, 2.24) is 24.4 Å². The molecule has 1 fully saturated rings. The van der Waals surface area contributed by atoms with Crippen LogP contribution in [-0.4, -0.2) is 37.5 Å². The number of nitrogens with zero attached hydrogens (tertiary/aromatic N) is 4. The van der Waals surface area contributed by atoms with Gasteiger partial charge in [-0.15, -0.1) is 0 Å². The second kappa shape index (κ2) is 7.88. The average Bonchev–Trinajstić information content (AvgIpc) is 3.09. The van der Waals surface area contributed by atoms with Crippen molar-refractivity contribution in [2.75, 3.05) is 13.1 Å². The van der Waals surface area contributed by atoms with Gasteiger partial charge in [0.25, 0.3) is 5.56 Å². The Morgan fingerprint density at radius 1 is 1.26 bits per heavy atom. The lowest BCUT2D eigenvalue weighted by atomic mass is 9.94. The van der Waals surface area contributed by atoms with E-state index in [4.69, 9.17) is 0 Å². The molecule has 0 aromatic carbocycles. The molecule has 3 aromatic heterocycles. The molecule has 1 aliphatic heterocycles. The van der Waals surface area contributed by atoms with E-state index in [2.05, 4.69) is 48.8 Å². The lowest BCUT2D eigenvalue weighted by Crippen LogP contribution is -2.35. The first kappa shape index (κ1) is 17.7. The maximum absolute atomic E-state index is 11.8. The van der Waals surface area contributed by atoms with Gasteiger partial charge in [-0.3, -0.25) is 14.7 Å². The van der Waals surface area contributed by atoms with E-state index in [1.807, 2.05) is 19.2 Å². The van der Waals surface area contributed by atoms with Crippen molar-refractivity contribution in [3.05, 3.63) is 82.1 Å². The van der Waals surface area contributed by atoms with E-state index in [-0.39, 0.29) is 5.56 Å². The van der Waals surface area contributed by atoms with Crippen molar-refractivity contribution in [3.63, 3.8) is 0 Å². The molecule has 4 rings (SSSR count). The quantitative estimate of drug-likeness (QED) is 0.757. The number of hydrogen-bond donors (Lipinski definition) is 1. The predicted molar refractivity (Wildman–Crippen MR) is 105 cm³/mol. The molecule has 4 heterocycles. The van der Waals surface area contributed by atoms with Crippen LogP contribution in [0.2, 0.25) is 0 Å². The highest BCUT2D eigenvalue weighted by Gasteiger charge is 2.23. The van der Waals surface area contributed by atoms with Crippen LogP contribution < -0.4 is 5.56 Å². The summed E-state index contributed by atoms with van der Waals surface area (Å²) in [4.78, 5) is 25.8. The SMILES string of the molecule is Cc1nc(C2CCCN(Cc3cccn3Cc3cccnc3)C2)cc(=O)[nH]1. The van der Waals surface area contributed by atoms with Gasteiger partial charge < -0.3 is 9.55 Å². The standard InChI is InChI=1S/C21H25N5O/c1-16-23-20(11-21(27)24-16)18-6-3-9-25(14-18)15-19-7-4-10-26(19)13-17-5-2-8-22-12-17/h2,4-5,7-8,10-12,18H,3,6,9,13-15H2,1H3,(H,23,24,27). The molecule has 3 aromatic rings. The Kier molecular flexibility index (Phi) is 5.16. The molecule has 1 unspecified atom stereocenters. The zero-order valence-corrected chi connectivity index (χ0v) is 15.6. The number of pyridine rings is 1. The molecular weight excluding hydrogens is 338 g/mol. The molecule has 1 N–H and O–H groups in total. The highest BCUT2D eigenvalue weighted by Crippen LogP contribution is 2.26. The summed E-state index contributed by atoms with van der Waals surface area (Å²) in [5, 5.41) is 0. The fraction of sp³-hybridized carbons (Fsp3) is 0.381. The number of likely N-dealkylation sites (tertiary alicyclic amines) is 1. The van der Waals surface area contributed by atoms with Gasteiger partial charge in [0.15, 0.2) is 0 Å². The smallest absolute Gasteiger partial charge is 0.251 e. The Morgan fingerprint density at radius 2 is 2.19 bits per heavy atom. The van der Waals surface area contributed by atoms with Crippen LogP contribution in [0.1, 0.15) is 41.5 Å². The molecule has 27 heavy (non-hydrogen) atoms. The van der Waals surface area contributed by atoms with E-state index in [9.17, 15) is 4.79 Å². The van der Waals surface area contributed by atoms with Gasteiger partial charge in [-0.05, 0) is 50.1 Å². The zero-order valence-electron chi connectivity index (χ0n) is 15.6. The number of aromatic amines is 1. The van der Waals surface area contributed by atoms with Gasteiger partial charge in [0.05, 0.1) is 5.69 Å². The third-order valence-electron chi connectivity index (χ3n) is 5.19. The van der Waals surface area contributed by atoms with E-state index in [0.29, 0.717) is 11.7 Å². The molecule has 6 heteroatoms. The zero-order chi connectivity index (χ0) is 18.6. The molecule has 0 aliphatic carbocycles. The van der Waals surface area contributed by atoms with E-state index in [1.54, 1.807) is 12.3 Å². The van der Waals surface area contributed by atoms with Crippen LogP contribution in [0, 0.1) is 6.92 Å². The van der Waals surface area contributed by atoms with Crippen LogP contribution >= 0.6 is 0 Å². The summed E-state index contributed by atoms with van der Waals surface area (Å²) < 4.78 is 2.29. The van der Waals surface area contributed by atoms with E-state index >= 15 is 0 Å². The van der Waals surface area contributed by atoms with E-state index in [1.165, 1.54) is 11.3 Å². The molecule has 0 bridgehead atoms. The molecule has 0 amide bonds. The van der Waals surface area contributed by atoms with Crippen molar-refractivity contribution in [2.45, 2.75) is 38.8 Å². The Morgan fingerprint density at radius 3 is 3.00 bits per heavy atom. The third-order valence-corrected chi connectivity index (χ3v) is 5.19. The molecule has 140 valence electrons. The minimum atomic E-state index is -0.0556. The summed E-state index contributed by atoms with van der Waals surface area (Å²) >= 11 is 0. The first-order valence-corrected chi connectivity index (χ1v) is 9.50. The first-order chi connectivity index (χ1) is 13.2. The second-order valence-electron chi connectivity index (χ2n) is 7.32. The van der Waals surface area contributed by atoms with Gasteiger partial charge in [-0.2, -0.15) is 0 Å². The fourth-order valence-electron chi connectivity index (χ4n) is 3.92. The van der Waals surface area contributed by atoms with Crippen LogP contribution in [-0.2, 0) is 13.1 Å². The Bertz CT molecular complexity index is 946. The number of nitrogens with one attached hydrogen (secondary N) is 1. The molecule has 0 saturated carbocycles. The second-order valence-corrected chi connectivity index (χ2v) is 7.32.